The maximum atomic E-state index is 9.57. The number of nitrogens with zero attached hydrogens (tertiary/aromatic N) is 1. The molecule has 0 saturated heterocycles. The first-order chi connectivity index (χ1) is 7.15. The van der Waals surface area contributed by atoms with Crippen molar-refractivity contribution in [3.8, 4) is 0 Å². The van der Waals surface area contributed by atoms with Gasteiger partial charge in [-0.15, -0.1) is 0 Å². The van der Waals surface area contributed by atoms with E-state index in [1.807, 2.05) is 0 Å². The first-order valence-electron chi connectivity index (χ1n) is 5.11. The lowest BCUT2D eigenvalue weighted by Gasteiger charge is -2.29. The molecule has 0 aromatic heterocycles. The standard InChI is InChI=1S/C10H22BrNO3/c1-9(8-15-3)12(4-5-14-2)7-10(13)6-11/h9-10,13H,4-8H2,1-3H3. The molecule has 0 amide bonds. The highest BCUT2D eigenvalue weighted by Gasteiger charge is 2.16. The molecule has 0 heterocycles. The maximum Gasteiger partial charge on any atom is 0.0763 e. The summed E-state index contributed by atoms with van der Waals surface area (Å²) in [5.74, 6) is 0. The Hall–Kier alpha value is 0.320. The van der Waals surface area contributed by atoms with Crippen molar-refractivity contribution in [3.63, 3.8) is 0 Å². The molecule has 1 N–H and O–H groups in total. The Morgan fingerprint density at radius 2 is 2.00 bits per heavy atom. The molecule has 0 aliphatic rings. The Bertz CT molecular complexity index is 149. The minimum atomic E-state index is -0.346. The van der Waals surface area contributed by atoms with E-state index in [2.05, 4.69) is 27.8 Å². The zero-order chi connectivity index (χ0) is 11.7. The summed E-state index contributed by atoms with van der Waals surface area (Å²) in [5, 5.41) is 10.2. The van der Waals surface area contributed by atoms with Crippen LogP contribution in [0.25, 0.3) is 0 Å². The van der Waals surface area contributed by atoms with Gasteiger partial charge in [-0.25, -0.2) is 0 Å². The van der Waals surface area contributed by atoms with Gasteiger partial charge in [0.2, 0.25) is 0 Å². The van der Waals surface area contributed by atoms with Crippen LogP contribution in [-0.2, 0) is 9.47 Å². The van der Waals surface area contributed by atoms with Crippen LogP contribution in [0.3, 0.4) is 0 Å². The highest BCUT2D eigenvalue weighted by Crippen LogP contribution is 2.03. The lowest BCUT2D eigenvalue weighted by molar-refractivity contribution is 0.0456. The molecule has 2 atom stereocenters. The van der Waals surface area contributed by atoms with Gasteiger partial charge in [-0.1, -0.05) is 15.9 Å². The van der Waals surface area contributed by atoms with E-state index in [0.717, 1.165) is 6.54 Å². The van der Waals surface area contributed by atoms with E-state index in [0.29, 0.717) is 31.1 Å². The summed E-state index contributed by atoms with van der Waals surface area (Å²) in [6.45, 7) is 4.87. The van der Waals surface area contributed by atoms with Crippen LogP contribution in [0.1, 0.15) is 6.92 Å². The summed E-state index contributed by atoms with van der Waals surface area (Å²) in [4.78, 5) is 2.17. The Labute approximate surface area is 101 Å². The van der Waals surface area contributed by atoms with Crippen LogP contribution >= 0.6 is 15.9 Å². The summed E-state index contributed by atoms with van der Waals surface area (Å²) in [7, 11) is 3.37. The normalized spacial score (nSPS) is 15.6. The van der Waals surface area contributed by atoms with Crippen LogP contribution in [-0.4, -0.2) is 68.0 Å². The maximum absolute atomic E-state index is 9.57. The summed E-state index contributed by atoms with van der Waals surface area (Å²) in [6, 6.07) is 0.291. The zero-order valence-electron chi connectivity index (χ0n) is 9.78. The smallest absolute Gasteiger partial charge is 0.0763 e. The van der Waals surface area contributed by atoms with Crippen LogP contribution in [0.2, 0.25) is 0 Å². The van der Waals surface area contributed by atoms with Gasteiger partial charge in [0.15, 0.2) is 0 Å². The van der Waals surface area contributed by atoms with E-state index in [-0.39, 0.29) is 6.10 Å². The predicted octanol–water partition coefficient (Wildman–Crippen LogP) is 0.726. The molecule has 0 aliphatic carbocycles. The van der Waals surface area contributed by atoms with Crippen LogP contribution in [0.5, 0.6) is 0 Å². The minimum Gasteiger partial charge on any atom is -0.391 e. The lowest BCUT2D eigenvalue weighted by atomic mass is 10.2. The summed E-state index contributed by atoms with van der Waals surface area (Å²) < 4.78 is 10.1. The van der Waals surface area contributed by atoms with E-state index in [1.165, 1.54) is 0 Å². The molecule has 2 unspecified atom stereocenters. The fourth-order valence-corrected chi connectivity index (χ4v) is 1.57. The number of rotatable bonds is 9. The van der Waals surface area contributed by atoms with E-state index >= 15 is 0 Å². The third-order valence-electron chi connectivity index (χ3n) is 2.24. The first kappa shape index (κ1) is 15.3. The average Bonchev–Trinajstić information content (AvgIpc) is 2.24. The number of halogens is 1. The fraction of sp³-hybridized carbons (Fsp3) is 1.00. The van der Waals surface area contributed by atoms with E-state index in [9.17, 15) is 5.11 Å². The second-order valence-corrected chi connectivity index (χ2v) is 4.25. The number of alkyl halides is 1. The minimum absolute atomic E-state index is 0.291. The van der Waals surface area contributed by atoms with Gasteiger partial charge >= 0.3 is 0 Å². The van der Waals surface area contributed by atoms with Crippen molar-refractivity contribution in [3.05, 3.63) is 0 Å². The summed E-state index contributed by atoms with van der Waals surface area (Å²) >= 11 is 3.26. The molecule has 0 fully saturated rings. The Morgan fingerprint density at radius 3 is 2.47 bits per heavy atom. The fourth-order valence-electron chi connectivity index (χ4n) is 1.37. The molecule has 0 aromatic rings. The van der Waals surface area contributed by atoms with Crippen LogP contribution in [0.15, 0.2) is 0 Å². The third-order valence-corrected chi connectivity index (χ3v) is 2.98. The topological polar surface area (TPSA) is 41.9 Å². The SMILES string of the molecule is COCCN(CC(O)CBr)C(C)COC. The van der Waals surface area contributed by atoms with Gasteiger partial charge in [-0.05, 0) is 6.92 Å². The van der Waals surface area contributed by atoms with Crippen molar-refractivity contribution < 1.29 is 14.6 Å². The predicted molar refractivity (Wildman–Crippen MR) is 64.6 cm³/mol. The Kier molecular flexibility index (Phi) is 9.74. The molecule has 15 heavy (non-hydrogen) atoms. The van der Waals surface area contributed by atoms with Crippen molar-refractivity contribution in [1.29, 1.82) is 0 Å². The van der Waals surface area contributed by atoms with E-state index in [4.69, 9.17) is 9.47 Å². The molecule has 0 aliphatic heterocycles. The Balaban J connectivity index is 4.03. The van der Waals surface area contributed by atoms with Gasteiger partial charge in [-0.2, -0.15) is 0 Å². The van der Waals surface area contributed by atoms with E-state index in [1.54, 1.807) is 14.2 Å². The van der Waals surface area contributed by atoms with E-state index < -0.39 is 0 Å². The van der Waals surface area contributed by atoms with Crippen molar-refractivity contribution in [2.45, 2.75) is 19.1 Å². The van der Waals surface area contributed by atoms with Crippen LogP contribution < -0.4 is 0 Å². The molecule has 0 saturated carbocycles. The monoisotopic (exact) mass is 283 g/mol. The highest BCUT2D eigenvalue weighted by atomic mass is 79.9. The number of methoxy groups -OCH3 is 2. The van der Waals surface area contributed by atoms with Crippen molar-refractivity contribution in [1.82, 2.24) is 4.90 Å². The van der Waals surface area contributed by atoms with Crippen LogP contribution in [0, 0.1) is 0 Å². The van der Waals surface area contributed by atoms with Crippen molar-refractivity contribution in [2.24, 2.45) is 0 Å². The number of ether oxygens (including phenoxy) is 2. The molecular formula is C10H22BrNO3. The zero-order valence-corrected chi connectivity index (χ0v) is 11.4. The molecular weight excluding hydrogens is 262 g/mol. The van der Waals surface area contributed by atoms with Crippen molar-refractivity contribution in [2.75, 3.05) is 45.9 Å². The largest absolute Gasteiger partial charge is 0.391 e. The lowest BCUT2D eigenvalue weighted by Crippen LogP contribution is -2.43. The second kappa shape index (κ2) is 9.54. The van der Waals surface area contributed by atoms with Crippen LogP contribution in [0.4, 0.5) is 0 Å². The Morgan fingerprint density at radius 1 is 1.33 bits per heavy atom. The highest BCUT2D eigenvalue weighted by molar-refractivity contribution is 9.09. The summed E-state index contributed by atoms with van der Waals surface area (Å²) in [5.41, 5.74) is 0. The van der Waals surface area contributed by atoms with Gasteiger partial charge < -0.3 is 14.6 Å². The second-order valence-electron chi connectivity index (χ2n) is 3.60. The molecule has 92 valence electrons. The molecule has 0 spiro atoms. The van der Waals surface area contributed by atoms with Gasteiger partial charge in [0.05, 0.1) is 19.3 Å². The number of hydrogen-bond donors (Lipinski definition) is 1. The molecule has 0 rings (SSSR count). The quantitative estimate of drug-likeness (QED) is 0.634. The number of aliphatic hydroxyl groups excluding tert-OH is 1. The number of hydrogen-bond acceptors (Lipinski definition) is 4. The molecule has 4 nitrogen and oxygen atoms in total. The first-order valence-corrected chi connectivity index (χ1v) is 6.23. The molecule has 0 bridgehead atoms. The van der Waals surface area contributed by atoms with Gasteiger partial charge in [0.25, 0.3) is 0 Å². The molecule has 0 aromatic carbocycles. The average molecular weight is 284 g/mol. The third kappa shape index (κ3) is 7.25. The van der Waals surface area contributed by atoms with Crippen molar-refractivity contribution >= 4 is 15.9 Å². The van der Waals surface area contributed by atoms with Gasteiger partial charge in [-0.3, -0.25) is 4.90 Å². The molecule has 5 heteroatoms. The van der Waals surface area contributed by atoms with Gasteiger partial charge in [0.1, 0.15) is 0 Å². The van der Waals surface area contributed by atoms with Gasteiger partial charge in [0, 0.05) is 38.7 Å². The molecule has 0 radical (unpaired) electrons. The number of aliphatic hydroxyl groups is 1. The summed E-state index contributed by atoms with van der Waals surface area (Å²) in [6.07, 6.45) is -0.346.